The van der Waals surface area contributed by atoms with E-state index in [0.29, 0.717) is 19.7 Å². The molecular weight excluding hydrogens is 304 g/mol. The van der Waals surface area contributed by atoms with Crippen LogP contribution in [0.25, 0.3) is 0 Å². The summed E-state index contributed by atoms with van der Waals surface area (Å²) in [7, 11) is 1.98. The zero-order chi connectivity index (χ0) is 17.2. The summed E-state index contributed by atoms with van der Waals surface area (Å²) in [6.07, 6.45) is 4.62. The van der Waals surface area contributed by atoms with Crippen LogP contribution in [0.4, 0.5) is 0 Å². The van der Waals surface area contributed by atoms with Crippen LogP contribution in [0.2, 0.25) is 0 Å². The number of likely N-dealkylation sites (N-methyl/N-ethyl adjacent to an activating group) is 1. The minimum absolute atomic E-state index is 0.162. The van der Waals surface area contributed by atoms with Crippen LogP contribution < -0.4 is 4.74 Å². The molecule has 1 aromatic carbocycles. The van der Waals surface area contributed by atoms with E-state index in [0.717, 1.165) is 30.9 Å². The smallest absolute Gasteiger partial charge is 0.119 e. The first-order chi connectivity index (χ1) is 11.7. The summed E-state index contributed by atoms with van der Waals surface area (Å²) in [5, 5.41) is 19.2. The largest absolute Gasteiger partial charge is 0.491 e. The average Bonchev–Trinajstić information content (AvgIpc) is 2.82. The number of aliphatic hydroxyl groups excluding tert-OH is 2. The standard InChI is InChI=1S/C19H32N2O3/c1-20(11-12-22)14-17-7-6-8-19(13-17)24-16-18(23)15-21-9-4-2-3-5-10-21/h6-8,13,18,22-23H,2-5,9-12,14-16H2,1H3/t18-/m1/s1. The zero-order valence-corrected chi connectivity index (χ0v) is 14.9. The quantitative estimate of drug-likeness (QED) is 0.719. The molecule has 0 aromatic heterocycles. The topological polar surface area (TPSA) is 56.2 Å². The maximum Gasteiger partial charge on any atom is 0.119 e. The van der Waals surface area contributed by atoms with E-state index < -0.39 is 6.10 Å². The normalized spacial score (nSPS) is 17.7. The Balaban J connectivity index is 1.76. The van der Waals surface area contributed by atoms with E-state index in [1.807, 2.05) is 31.3 Å². The number of hydrogen-bond acceptors (Lipinski definition) is 5. The number of β-amino-alcohol motifs (C(OH)–C–C–N with tert-alkyl or cyclic N) is 1. The highest BCUT2D eigenvalue weighted by Gasteiger charge is 2.14. The molecule has 5 nitrogen and oxygen atoms in total. The molecule has 0 bridgehead atoms. The fourth-order valence-corrected chi connectivity index (χ4v) is 3.16. The zero-order valence-electron chi connectivity index (χ0n) is 14.9. The Morgan fingerprint density at radius 2 is 1.96 bits per heavy atom. The minimum atomic E-state index is -0.455. The van der Waals surface area contributed by atoms with Crippen molar-refractivity contribution in [2.45, 2.75) is 38.3 Å². The van der Waals surface area contributed by atoms with Gasteiger partial charge in [-0.2, -0.15) is 0 Å². The summed E-state index contributed by atoms with van der Waals surface area (Å²) in [5.41, 5.74) is 1.14. The van der Waals surface area contributed by atoms with E-state index in [2.05, 4.69) is 9.80 Å². The minimum Gasteiger partial charge on any atom is -0.491 e. The summed E-state index contributed by atoms with van der Waals surface area (Å²) in [6, 6.07) is 7.95. The first-order valence-electron chi connectivity index (χ1n) is 9.09. The second-order valence-corrected chi connectivity index (χ2v) is 6.79. The molecule has 0 radical (unpaired) electrons. The van der Waals surface area contributed by atoms with E-state index >= 15 is 0 Å². The fraction of sp³-hybridized carbons (Fsp3) is 0.684. The van der Waals surface area contributed by atoms with Gasteiger partial charge in [0.1, 0.15) is 18.5 Å². The molecule has 1 aromatic rings. The monoisotopic (exact) mass is 336 g/mol. The third-order valence-electron chi connectivity index (χ3n) is 4.44. The van der Waals surface area contributed by atoms with Crippen LogP contribution in [0.1, 0.15) is 31.2 Å². The molecule has 1 heterocycles. The molecule has 0 amide bonds. The molecule has 1 aliphatic rings. The van der Waals surface area contributed by atoms with E-state index in [4.69, 9.17) is 9.84 Å². The number of rotatable bonds is 9. The highest BCUT2D eigenvalue weighted by molar-refractivity contribution is 5.28. The lowest BCUT2D eigenvalue weighted by atomic mass is 10.2. The summed E-state index contributed by atoms with van der Waals surface area (Å²) < 4.78 is 5.78. The van der Waals surface area contributed by atoms with Gasteiger partial charge in [-0.15, -0.1) is 0 Å². The van der Waals surface area contributed by atoms with E-state index in [1.165, 1.54) is 25.7 Å². The maximum absolute atomic E-state index is 10.2. The molecule has 0 saturated carbocycles. The van der Waals surface area contributed by atoms with Gasteiger partial charge in [-0.25, -0.2) is 0 Å². The number of hydrogen-bond donors (Lipinski definition) is 2. The van der Waals surface area contributed by atoms with E-state index in [1.54, 1.807) is 0 Å². The molecule has 2 rings (SSSR count). The van der Waals surface area contributed by atoms with Crippen molar-refractivity contribution in [1.82, 2.24) is 9.80 Å². The number of benzene rings is 1. The number of nitrogens with zero attached hydrogens (tertiary/aromatic N) is 2. The Bertz CT molecular complexity index is 462. The van der Waals surface area contributed by atoms with Crippen LogP contribution in [0.15, 0.2) is 24.3 Å². The lowest BCUT2D eigenvalue weighted by Gasteiger charge is -2.23. The van der Waals surface area contributed by atoms with Crippen molar-refractivity contribution in [3.05, 3.63) is 29.8 Å². The predicted molar refractivity (Wildman–Crippen MR) is 96.3 cm³/mol. The lowest BCUT2D eigenvalue weighted by molar-refractivity contribution is 0.0693. The van der Waals surface area contributed by atoms with Gasteiger partial charge in [0, 0.05) is 19.6 Å². The molecular formula is C19H32N2O3. The van der Waals surface area contributed by atoms with Gasteiger partial charge in [-0.05, 0) is 50.7 Å². The van der Waals surface area contributed by atoms with Crippen LogP contribution in [-0.4, -0.2) is 72.6 Å². The highest BCUT2D eigenvalue weighted by atomic mass is 16.5. The second-order valence-electron chi connectivity index (χ2n) is 6.79. The molecule has 1 fully saturated rings. The predicted octanol–water partition coefficient (Wildman–Crippen LogP) is 1.73. The molecule has 0 spiro atoms. The molecule has 2 N–H and O–H groups in total. The average molecular weight is 336 g/mol. The van der Waals surface area contributed by atoms with Crippen LogP contribution >= 0.6 is 0 Å². The SMILES string of the molecule is CN(CCO)Cc1cccc(OC[C@H](O)CN2CCCCCC2)c1. The van der Waals surface area contributed by atoms with Crippen molar-refractivity contribution in [3.63, 3.8) is 0 Å². The highest BCUT2D eigenvalue weighted by Crippen LogP contribution is 2.15. The Morgan fingerprint density at radius 1 is 1.21 bits per heavy atom. The van der Waals surface area contributed by atoms with Gasteiger partial charge >= 0.3 is 0 Å². The molecule has 1 aliphatic heterocycles. The van der Waals surface area contributed by atoms with Crippen LogP contribution in [0.3, 0.4) is 0 Å². The van der Waals surface area contributed by atoms with Crippen molar-refractivity contribution in [2.75, 3.05) is 46.4 Å². The van der Waals surface area contributed by atoms with Crippen molar-refractivity contribution >= 4 is 0 Å². The molecule has 136 valence electrons. The Kier molecular flexibility index (Phi) is 8.53. The van der Waals surface area contributed by atoms with Gasteiger partial charge in [-0.1, -0.05) is 25.0 Å². The Hall–Kier alpha value is -1.14. The lowest BCUT2D eigenvalue weighted by Crippen LogP contribution is -2.36. The van der Waals surface area contributed by atoms with Crippen molar-refractivity contribution in [1.29, 1.82) is 0 Å². The molecule has 24 heavy (non-hydrogen) atoms. The van der Waals surface area contributed by atoms with Gasteiger partial charge in [0.15, 0.2) is 0 Å². The summed E-state index contributed by atoms with van der Waals surface area (Å²) in [4.78, 5) is 4.41. The van der Waals surface area contributed by atoms with E-state index in [-0.39, 0.29) is 6.61 Å². The van der Waals surface area contributed by atoms with Crippen molar-refractivity contribution < 1.29 is 14.9 Å². The fourth-order valence-electron chi connectivity index (χ4n) is 3.16. The molecule has 5 heteroatoms. The number of ether oxygens (including phenoxy) is 1. The number of likely N-dealkylation sites (tertiary alicyclic amines) is 1. The summed E-state index contributed by atoms with van der Waals surface area (Å²) in [6.45, 7) is 4.78. The summed E-state index contributed by atoms with van der Waals surface area (Å²) >= 11 is 0. The van der Waals surface area contributed by atoms with Gasteiger partial charge in [-0.3, -0.25) is 4.90 Å². The van der Waals surface area contributed by atoms with Crippen molar-refractivity contribution in [2.24, 2.45) is 0 Å². The third kappa shape index (κ3) is 7.18. The summed E-state index contributed by atoms with van der Waals surface area (Å²) in [5.74, 6) is 0.791. The van der Waals surface area contributed by atoms with Gasteiger partial charge in [0.05, 0.1) is 6.61 Å². The Morgan fingerprint density at radius 3 is 2.67 bits per heavy atom. The van der Waals surface area contributed by atoms with Crippen LogP contribution in [-0.2, 0) is 6.54 Å². The van der Waals surface area contributed by atoms with Gasteiger partial charge < -0.3 is 19.8 Å². The molecule has 0 unspecified atom stereocenters. The molecule has 1 atom stereocenters. The maximum atomic E-state index is 10.2. The Labute approximate surface area is 145 Å². The molecule has 1 saturated heterocycles. The van der Waals surface area contributed by atoms with Crippen LogP contribution in [0, 0.1) is 0 Å². The third-order valence-corrected chi connectivity index (χ3v) is 4.44. The van der Waals surface area contributed by atoms with Crippen LogP contribution in [0.5, 0.6) is 5.75 Å². The van der Waals surface area contributed by atoms with Gasteiger partial charge in [0.2, 0.25) is 0 Å². The van der Waals surface area contributed by atoms with E-state index in [9.17, 15) is 5.11 Å². The van der Waals surface area contributed by atoms with Crippen molar-refractivity contribution in [3.8, 4) is 5.75 Å². The molecule has 0 aliphatic carbocycles. The second kappa shape index (κ2) is 10.7. The first-order valence-corrected chi connectivity index (χ1v) is 9.09. The number of aliphatic hydroxyl groups is 2. The van der Waals surface area contributed by atoms with Gasteiger partial charge in [0.25, 0.3) is 0 Å². The first kappa shape index (κ1) is 19.2.